The van der Waals surface area contributed by atoms with Crippen LogP contribution in [0.2, 0.25) is 0 Å². The summed E-state index contributed by atoms with van der Waals surface area (Å²) < 4.78 is 0. The van der Waals surface area contributed by atoms with Crippen LogP contribution in [0.3, 0.4) is 0 Å². The molecule has 1 heterocycles. The fraction of sp³-hybridized carbons (Fsp3) is 0.583. The molecule has 0 amide bonds. The average Bonchev–Trinajstić information content (AvgIpc) is 2.26. The first-order chi connectivity index (χ1) is 6.80. The van der Waals surface area contributed by atoms with E-state index in [1.54, 1.807) is 0 Å². The predicted molar refractivity (Wildman–Crippen MR) is 60.5 cm³/mol. The van der Waals surface area contributed by atoms with E-state index in [0.29, 0.717) is 6.04 Å². The second-order valence-electron chi connectivity index (χ2n) is 3.61. The molecule has 0 aliphatic rings. The molecule has 0 radical (unpaired) electrons. The van der Waals surface area contributed by atoms with Gasteiger partial charge in [0, 0.05) is 24.4 Å². The Balaban J connectivity index is 2.58. The van der Waals surface area contributed by atoms with Gasteiger partial charge in [-0.1, -0.05) is 19.9 Å². The minimum atomic E-state index is 0.551. The number of hydrogen-bond acceptors (Lipinski definition) is 2. The number of nitrogens with one attached hydrogen (secondary N) is 1. The molecule has 1 atom stereocenters. The number of nitrogens with zero attached hydrogens (tertiary/aromatic N) is 1. The maximum Gasteiger partial charge on any atom is 0.0419 e. The standard InChI is InChI=1S/C12H20N2/c1-4-10-6-7-12(14-9-10)8-11(5-2)13-3/h6-7,9,11,13H,4-5,8H2,1-3H3. The Labute approximate surface area is 86.8 Å². The van der Waals surface area contributed by atoms with Crippen molar-refractivity contribution in [3.63, 3.8) is 0 Å². The van der Waals surface area contributed by atoms with E-state index in [-0.39, 0.29) is 0 Å². The van der Waals surface area contributed by atoms with Crippen LogP contribution >= 0.6 is 0 Å². The zero-order valence-electron chi connectivity index (χ0n) is 9.38. The normalized spacial score (nSPS) is 12.8. The lowest BCUT2D eigenvalue weighted by Gasteiger charge is -2.12. The van der Waals surface area contributed by atoms with Crippen LogP contribution in [0.25, 0.3) is 0 Å². The maximum absolute atomic E-state index is 4.45. The van der Waals surface area contributed by atoms with Gasteiger partial charge in [0.2, 0.25) is 0 Å². The number of aromatic nitrogens is 1. The largest absolute Gasteiger partial charge is 0.317 e. The minimum Gasteiger partial charge on any atom is -0.317 e. The summed E-state index contributed by atoms with van der Waals surface area (Å²) in [6.45, 7) is 4.35. The lowest BCUT2D eigenvalue weighted by Crippen LogP contribution is -2.26. The fourth-order valence-corrected chi connectivity index (χ4v) is 1.49. The summed E-state index contributed by atoms with van der Waals surface area (Å²) in [5.74, 6) is 0. The number of rotatable bonds is 5. The van der Waals surface area contributed by atoms with E-state index in [4.69, 9.17) is 0 Å². The molecule has 78 valence electrons. The number of likely N-dealkylation sites (N-methyl/N-ethyl adjacent to an activating group) is 1. The zero-order valence-corrected chi connectivity index (χ0v) is 9.38. The van der Waals surface area contributed by atoms with E-state index in [9.17, 15) is 0 Å². The first kappa shape index (κ1) is 11.2. The molecule has 14 heavy (non-hydrogen) atoms. The van der Waals surface area contributed by atoms with E-state index in [0.717, 1.165) is 19.3 Å². The first-order valence-electron chi connectivity index (χ1n) is 5.41. The van der Waals surface area contributed by atoms with Crippen LogP contribution in [0, 0.1) is 0 Å². The Hall–Kier alpha value is -0.890. The van der Waals surface area contributed by atoms with Gasteiger partial charge in [0.15, 0.2) is 0 Å². The maximum atomic E-state index is 4.45. The summed E-state index contributed by atoms with van der Waals surface area (Å²) in [5, 5.41) is 3.29. The Morgan fingerprint density at radius 3 is 2.57 bits per heavy atom. The second-order valence-corrected chi connectivity index (χ2v) is 3.61. The Bertz CT molecular complexity index is 250. The highest BCUT2D eigenvalue weighted by Gasteiger charge is 2.04. The summed E-state index contributed by atoms with van der Waals surface area (Å²) in [4.78, 5) is 4.45. The van der Waals surface area contributed by atoms with Crippen LogP contribution in [-0.4, -0.2) is 18.1 Å². The number of aryl methyl sites for hydroxylation is 1. The minimum absolute atomic E-state index is 0.551. The summed E-state index contributed by atoms with van der Waals surface area (Å²) >= 11 is 0. The summed E-state index contributed by atoms with van der Waals surface area (Å²) in [5.41, 5.74) is 2.50. The first-order valence-corrected chi connectivity index (χ1v) is 5.41. The molecule has 0 bridgehead atoms. The molecule has 1 aromatic rings. The molecular formula is C12H20N2. The van der Waals surface area contributed by atoms with Crippen LogP contribution in [0.4, 0.5) is 0 Å². The molecular weight excluding hydrogens is 172 g/mol. The molecule has 0 fully saturated rings. The Morgan fingerprint density at radius 1 is 1.36 bits per heavy atom. The number of pyridine rings is 1. The van der Waals surface area contributed by atoms with Crippen molar-refractivity contribution >= 4 is 0 Å². The Morgan fingerprint density at radius 2 is 2.14 bits per heavy atom. The van der Waals surface area contributed by atoms with Crippen LogP contribution in [0.15, 0.2) is 18.3 Å². The van der Waals surface area contributed by atoms with Gasteiger partial charge >= 0.3 is 0 Å². The molecule has 1 unspecified atom stereocenters. The van der Waals surface area contributed by atoms with Crippen LogP contribution < -0.4 is 5.32 Å². The highest BCUT2D eigenvalue weighted by atomic mass is 14.9. The molecule has 0 aliphatic carbocycles. The third-order valence-electron chi connectivity index (χ3n) is 2.65. The Kier molecular flexibility index (Phi) is 4.60. The third kappa shape index (κ3) is 3.11. The summed E-state index contributed by atoms with van der Waals surface area (Å²) in [6.07, 6.45) is 5.22. The molecule has 2 heteroatoms. The van der Waals surface area contributed by atoms with E-state index in [1.807, 2.05) is 13.2 Å². The van der Waals surface area contributed by atoms with Gasteiger partial charge in [0.25, 0.3) is 0 Å². The highest BCUT2D eigenvalue weighted by Crippen LogP contribution is 2.05. The van der Waals surface area contributed by atoms with E-state index in [1.165, 1.54) is 11.3 Å². The quantitative estimate of drug-likeness (QED) is 0.773. The van der Waals surface area contributed by atoms with Crippen LogP contribution in [0.5, 0.6) is 0 Å². The third-order valence-corrected chi connectivity index (χ3v) is 2.65. The van der Waals surface area contributed by atoms with Gasteiger partial charge in [-0.3, -0.25) is 4.98 Å². The topological polar surface area (TPSA) is 24.9 Å². The zero-order chi connectivity index (χ0) is 10.4. The van der Waals surface area contributed by atoms with Crippen molar-refractivity contribution in [2.24, 2.45) is 0 Å². The van der Waals surface area contributed by atoms with Gasteiger partial charge in [0.1, 0.15) is 0 Å². The number of hydrogen-bond donors (Lipinski definition) is 1. The van der Waals surface area contributed by atoms with Crippen molar-refractivity contribution in [2.45, 2.75) is 39.2 Å². The second kappa shape index (κ2) is 5.76. The molecule has 2 nitrogen and oxygen atoms in total. The van der Waals surface area contributed by atoms with Crippen LogP contribution in [-0.2, 0) is 12.8 Å². The molecule has 1 N–H and O–H groups in total. The lowest BCUT2D eigenvalue weighted by atomic mass is 10.1. The average molecular weight is 192 g/mol. The molecule has 1 rings (SSSR count). The smallest absolute Gasteiger partial charge is 0.0419 e. The van der Waals surface area contributed by atoms with Crippen molar-refractivity contribution in [3.8, 4) is 0 Å². The van der Waals surface area contributed by atoms with Gasteiger partial charge in [-0.15, -0.1) is 0 Å². The molecule has 0 saturated heterocycles. The van der Waals surface area contributed by atoms with Gasteiger partial charge in [0.05, 0.1) is 0 Å². The van der Waals surface area contributed by atoms with Gasteiger partial charge < -0.3 is 5.32 Å². The summed E-state index contributed by atoms with van der Waals surface area (Å²) in [7, 11) is 2.01. The SMILES string of the molecule is CCc1ccc(CC(CC)NC)nc1. The van der Waals surface area contributed by atoms with Crippen molar-refractivity contribution < 1.29 is 0 Å². The van der Waals surface area contributed by atoms with Crippen molar-refractivity contribution in [1.82, 2.24) is 10.3 Å². The molecule has 0 aliphatic heterocycles. The lowest BCUT2D eigenvalue weighted by molar-refractivity contribution is 0.537. The van der Waals surface area contributed by atoms with Crippen molar-refractivity contribution in [3.05, 3.63) is 29.6 Å². The van der Waals surface area contributed by atoms with E-state index >= 15 is 0 Å². The van der Waals surface area contributed by atoms with Crippen LogP contribution in [0.1, 0.15) is 31.5 Å². The molecule has 1 aromatic heterocycles. The molecule has 0 spiro atoms. The van der Waals surface area contributed by atoms with Gasteiger partial charge in [-0.25, -0.2) is 0 Å². The van der Waals surface area contributed by atoms with Crippen molar-refractivity contribution in [2.75, 3.05) is 7.05 Å². The predicted octanol–water partition coefficient (Wildman–Crippen LogP) is 2.18. The van der Waals surface area contributed by atoms with Gasteiger partial charge in [-0.2, -0.15) is 0 Å². The highest BCUT2D eigenvalue weighted by molar-refractivity contribution is 5.14. The van der Waals surface area contributed by atoms with Crippen molar-refractivity contribution in [1.29, 1.82) is 0 Å². The monoisotopic (exact) mass is 192 g/mol. The summed E-state index contributed by atoms with van der Waals surface area (Å²) in [6, 6.07) is 4.86. The fourth-order valence-electron chi connectivity index (χ4n) is 1.49. The molecule has 0 aromatic carbocycles. The van der Waals surface area contributed by atoms with Gasteiger partial charge in [-0.05, 0) is 31.5 Å². The molecule has 0 saturated carbocycles. The van der Waals surface area contributed by atoms with E-state index < -0.39 is 0 Å². The van der Waals surface area contributed by atoms with E-state index in [2.05, 4.69) is 36.3 Å².